The minimum atomic E-state index is -0.406. The first kappa shape index (κ1) is 25.3. The fourth-order valence-electron chi connectivity index (χ4n) is 3.09. The van der Waals surface area contributed by atoms with Gasteiger partial charge in [0.2, 0.25) is 0 Å². The number of hydrogen-bond donors (Lipinski definition) is 1. The van der Waals surface area contributed by atoms with Crippen LogP contribution in [0.1, 0.15) is 23.1 Å². The predicted molar refractivity (Wildman–Crippen MR) is 144 cm³/mol. The Balaban J connectivity index is 1.60. The van der Waals surface area contributed by atoms with Crippen molar-refractivity contribution in [2.24, 2.45) is 0 Å². The second kappa shape index (κ2) is 12.8. The Morgan fingerprint density at radius 2 is 1.85 bits per heavy atom. The van der Waals surface area contributed by atoms with Crippen molar-refractivity contribution in [3.05, 3.63) is 102 Å². The highest BCUT2D eigenvalue weighted by atomic mass is 127. The van der Waals surface area contributed by atoms with Crippen molar-refractivity contribution in [3.63, 3.8) is 0 Å². The number of aryl methyl sites for hydroxylation is 1. The van der Waals surface area contributed by atoms with Crippen molar-refractivity contribution in [2.45, 2.75) is 19.4 Å². The maximum absolute atomic E-state index is 12.4. The van der Waals surface area contributed by atoms with Crippen LogP contribution >= 0.6 is 50.1 Å². The Morgan fingerprint density at radius 3 is 2.52 bits per heavy atom. The van der Waals surface area contributed by atoms with Gasteiger partial charge in [-0.2, -0.15) is 5.26 Å². The van der Waals surface area contributed by atoms with E-state index in [0.717, 1.165) is 22.0 Å². The van der Waals surface area contributed by atoms with Gasteiger partial charge in [-0.3, -0.25) is 4.79 Å². The highest BCUT2D eigenvalue weighted by Gasteiger charge is 2.12. The number of rotatable bonds is 9. The molecular weight excluding hydrogens is 615 g/mol. The highest BCUT2D eigenvalue weighted by Crippen LogP contribution is 2.35. The summed E-state index contributed by atoms with van der Waals surface area (Å²) in [6.45, 7) is 0.863. The molecule has 0 radical (unpaired) electrons. The first-order valence-corrected chi connectivity index (χ1v) is 12.5. The molecule has 3 aromatic rings. The summed E-state index contributed by atoms with van der Waals surface area (Å²) in [6, 6.07) is 23.5. The zero-order valence-corrected chi connectivity index (χ0v) is 22.2. The molecule has 0 saturated heterocycles. The van der Waals surface area contributed by atoms with Crippen molar-refractivity contribution in [2.75, 3.05) is 6.54 Å². The van der Waals surface area contributed by atoms with Gasteiger partial charge in [-0.1, -0.05) is 54.1 Å². The van der Waals surface area contributed by atoms with Crippen LogP contribution in [-0.2, 0) is 17.8 Å². The number of halogens is 3. The number of carbonyl (C=O) groups is 1. The molecule has 4 nitrogen and oxygen atoms in total. The second-order valence-corrected chi connectivity index (χ2v) is 9.75. The molecule has 7 heteroatoms. The summed E-state index contributed by atoms with van der Waals surface area (Å²) in [5.74, 6) is 0.105. The van der Waals surface area contributed by atoms with Crippen LogP contribution in [0.15, 0.2) is 76.8 Å². The molecule has 3 aromatic carbocycles. The first-order valence-electron chi connectivity index (χ1n) is 10.3. The number of nitrogens with zero attached hydrogens (tertiary/aromatic N) is 1. The minimum absolute atomic E-state index is 0.0187. The van der Waals surface area contributed by atoms with Gasteiger partial charge in [-0.15, -0.1) is 0 Å². The lowest BCUT2D eigenvalue weighted by molar-refractivity contribution is -0.117. The number of ether oxygens (including phenoxy) is 1. The number of nitriles is 1. The van der Waals surface area contributed by atoms with Gasteiger partial charge in [0, 0.05) is 10.1 Å². The van der Waals surface area contributed by atoms with Gasteiger partial charge in [0.1, 0.15) is 18.2 Å². The van der Waals surface area contributed by atoms with E-state index >= 15 is 0 Å². The quantitative estimate of drug-likeness (QED) is 0.120. The molecule has 168 valence electrons. The normalized spacial score (nSPS) is 11.0. The third kappa shape index (κ3) is 7.88. The zero-order valence-electron chi connectivity index (χ0n) is 17.7. The van der Waals surface area contributed by atoms with Crippen LogP contribution in [-0.4, -0.2) is 12.5 Å². The Hall–Kier alpha value is -2.34. The predicted octanol–water partition coefficient (Wildman–Crippen LogP) is 6.94. The Labute approximate surface area is 220 Å². The van der Waals surface area contributed by atoms with Gasteiger partial charge in [-0.05, 0) is 98.4 Å². The summed E-state index contributed by atoms with van der Waals surface area (Å²) in [4.78, 5) is 12.4. The molecule has 0 aliphatic rings. The molecule has 1 N–H and O–H groups in total. The molecule has 0 bridgehead atoms. The maximum atomic E-state index is 12.4. The van der Waals surface area contributed by atoms with Crippen LogP contribution in [0.2, 0.25) is 5.02 Å². The second-order valence-electron chi connectivity index (χ2n) is 7.24. The van der Waals surface area contributed by atoms with E-state index in [4.69, 9.17) is 16.3 Å². The standard InChI is InChI=1S/C26H21BrClIN2O2/c27-23-14-20(15-24(28)25(23)33-17-19-8-10-22(29)11-9-19)13-21(16-30)26(32)31-12-4-7-18-5-2-1-3-6-18/h1-3,5-6,8-11,13-15H,4,7,12,17H2,(H,31,32)/b21-13-. The molecule has 33 heavy (non-hydrogen) atoms. The molecule has 0 atom stereocenters. The zero-order chi connectivity index (χ0) is 23.6. The SMILES string of the molecule is N#C/C(=C/c1cc(Cl)c(OCc2ccc(I)cc2)c(Br)c1)C(=O)NCCCc1ccccc1. The van der Waals surface area contributed by atoms with Crippen molar-refractivity contribution in [3.8, 4) is 11.8 Å². The van der Waals surface area contributed by atoms with Crippen molar-refractivity contribution in [1.82, 2.24) is 5.32 Å². The summed E-state index contributed by atoms with van der Waals surface area (Å²) in [7, 11) is 0. The van der Waals surface area contributed by atoms with Crippen LogP contribution in [0.4, 0.5) is 0 Å². The lowest BCUT2D eigenvalue weighted by atomic mass is 10.1. The molecule has 0 aliphatic heterocycles. The first-order chi connectivity index (χ1) is 16.0. The average molecular weight is 636 g/mol. The van der Waals surface area contributed by atoms with E-state index in [9.17, 15) is 10.1 Å². The van der Waals surface area contributed by atoms with Crippen molar-refractivity contribution < 1.29 is 9.53 Å². The maximum Gasteiger partial charge on any atom is 0.261 e. The van der Waals surface area contributed by atoms with E-state index in [0.29, 0.717) is 34.0 Å². The highest BCUT2D eigenvalue weighted by molar-refractivity contribution is 14.1. The number of nitrogens with one attached hydrogen (secondary N) is 1. The molecule has 3 rings (SSSR count). The lowest BCUT2D eigenvalue weighted by Gasteiger charge is -2.11. The molecule has 1 amide bonds. The van der Waals surface area contributed by atoms with Crippen LogP contribution < -0.4 is 10.1 Å². The fraction of sp³-hybridized carbons (Fsp3) is 0.154. The van der Waals surface area contributed by atoms with E-state index in [1.807, 2.05) is 48.5 Å². The fourth-order valence-corrected chi connectivity index (χ4v) is 4.43. The Morgan fingerprint density at radius 1 is 1.12 bits per heavy atom. The molecule has 0 saturated carbocycles. The summed E-state index contributed by atoms with van der Waals surface area (Å²) in [5, 5.41) is 12.7. The number of amides is 1. The third-order valence-electron chi connectivity index (χ3n) is 4.76. The van der Waals surface area contributed by atoms with Gasteiger partial charge in [-0.25, -0.2) is 0 Å². The molecule has 0 fully saturated rings. The average Bonchev–Trinajstić information content (AvgIpc) is 2.81. The van der Waals surface area contributed by atoms with Gasteiger partial charge in [0.05, 0.1) is 9.50 Å². The van der Waals surface area contributed by atoms with Crippen molar-refractivity contribution >= 4 is 62.1 Å². The minimum Gasteiger partial charge on any atom is -0.486 e. The van der Waals surface area contributed by atoms with E-state index in [-0.39, 0.29) is 5.57 Å². The summed E-state index contributed by atoms with van der Waals surface area (Å²) in [5.41, 5.74) is 2.89. The van der Waals surface area contributed by atoms with Gasteiger partial charge < -0.3 is 10.1 Å². The largest absolute Gasteiger partial charge is 0.486 e. The van der Waals surface area contributed by atoms with E-state index in [1.165, 1.54) is 11.6 Å². The van der Waals surface area contributed by atoms with E-state index in [2.05, 4.69) is 56.0 Å². The summed E-state index contributed by atoms with van der Waals surface area (Å²) < 4.78 is 7.68. The number of hydrogen-bond acceptors (Lipinski definition) is 3. The van der Waals surface area contributed by atoms with Crippen LogP contribution in [0.3, 0.4) is 0 Å². The smallest absolute Gasteiger partial charge is 0.261 e. The van der Waals surface area contributed by atoms with E-state index < -0.39 is 5.91 Å². The third-order valence-corrected chi connectivity index (χ3v) is 6.35. The van der Waals surface area contributed by atoms with E-state index in [1.54, 1.807) is 12.1 Å². The van der Waals surface area contributed by atoms with Crippen LogP contribution in [0.5, 0.6) is 5.75 Å². The molecule has 0 aliphatic carbocycles. The lowest BCUT2D eigenvalue weighted by Crippen LogP contribution is -2.25. The van der Waals surface area contributed by atoms with Gasteiger partial charge in [0.15, 0.2) is 5.75 Å². The molecule has 0 aromatic heterocycles. The number of benzene rings is 3. The molecule has 0 heterocycles. The van der Waals surface area contributed by atoms with Crippen LogP contribution in [0.25, 0.3) is 6.08 Å². The molecular formula is C26H21BrClIN2O2. The summed E-state index contributed by atoms with van der Waals surface area (Å²) >= 11 is 12.2. The molecule has 0 unspecified atom stereocenters. The van der Waals surface area contributed by atoms with Crippen molar-refractivity contribution in [1.29, 1.82) is 5.26 Å². The van der Waals surface area contributed by atoms with Gasteiger partial charge >= 0.3 is 0 Å². The van der Waals surface area contributed by atoms with Gasteiger partial charge in [0.25, 0.3) is 5.91 Å². The molecule has 0 spiro atoms. The summed E-state index contributed by atoms with van der Waals surface area (Å²) in [6.07, 6.45) is 3.17. The number of carbonyl (C=O) groups excluding carboxylic acids is 1. The van der Waals surface area contributed by atoms with Crippen LogP contribution in [0, 0.1) is 14.9 Å². The topological polar surface area (TPSA) is 62.1 Å². The Kier molecular flexibility index (Phi) is 9.79. The Bertz CT molecular complexity index is 1150. The monoisotopic (exact) mass is 634 g/mol.